The number of benzene rings is 2. The molecule has 1 N–H and O–H groups in total. The third kappa shape index (κ3) is 5.37. The Morgan fingerprint density at radius 3 is 2.35 bits per heavy atom. The summed E-state index contributed by atoms with van der Waals surface area (Å²) in [6, 6.07) is 14.5. The van der Waals surface area contributed by atoms with Gasteiger partial charge in [0.2, 0.25) is 0 Å². The van der Waals surface area contributed by atoms with Crippen molar-refractivity contribution < 1.29 is 23.8 Å². The van der Waals surface area contributed by atoms with Crippen LogP contribution in [-0.2, 0) is 17.9 Å². The van der Waals surface area contributed by atoms with E-state index < -0.39 is 0 Å². The van der Waals surface area contributed by atoms with Gasteiger partial charge in [0.05, 0.1) is 32.2 Å². The van der Waals surface area contributed by atoms with Crippen LogP contribution in [0.1, 0.15) is 33.3 Å². The first-order valence-electron chi connectivity index (χ1n) is 11.2. The first-order chi connectivity index (χ1) is 16.6. The lowest BCUT2D eigenvalue weighted by Gasteiger charge is -2.27. The number of carbonyl (C=O) groups excluding carboxylic acids is 2. The number of hydrogen-bond acceptors (Lipinski definition) is 6. The van der Waals surface area contributed by atoms with E-state index in [1.165, 1.54) is 6.20 Å². The van der Waals surface area contributed by atoms with Gasteiger partial charge in [0.1, 0.15) is 23.8 Å². The summed E-state index contributed by atoms with van der Waals surface area (Å²) in [6.07, 6.45) is 1.52. The third-order valence-corrected chi connectivity index (χ3v) is 5.57. The molecule has 0 aliphatic carbocycles. The van der Waals surface area contributed by atoms with Gasteiger partial charge in [-0.05, 0) is 48.9 Å². The lowest BCUT2D eigenvalue weighted by atomic mass is 10.1. The zero-order valence-corrected chi connectivity index (χ0v) is 19.3. The van der Waals surface area contributed by atoms with Gasteiger partial charge in [-0.15, -0.1) is 0 Å². The van der Waals surface area contributed by atoms with Gasteiger partial charge < -0.3 is 24.4 Å². The number of nitrogens with one attached hydrogen (secondary N) is 1. The summed E-state index contributed by atoms with van der Waals surface area (Å²) in [7, 11) is 1.62. The van der Waals surface area contributed by atoms with Crippen LogP contribution >= 0.6 is 0 Å². The van der Waals surface area contributed by atoms with Crippen LogP contribution in [0.5, 0.6) is 11.5 Å². The summed E-state index contributed by atoms with van der Waals surface area (Å²) in [5, 5.41) is 7.12. The van der Waals surface area contributed by atoms with Crippen LogP contribution < -0.4 is 14.8 Å². The summed E-state index contributed by atoms with van der Waals surface area (Å²) in [4.78, 5) is 27.7. The van der Waals surface area contributed by atoms with E-state index in [4.69, 9.17) is 14.2 Å². The molecule has 1 saturated heterocycles. The van der Waals surface area contributed by atoms with Crippen molar-refractivity contribution in [3.63, 3.8) is 0 Å². The molecule has 0 bridgehead atoms. The van der Waals surface area contributed by atoms with Crippen molar-refractivity contribution >= 4 is 17.5 Å². The largest absolute Gasteiger partial charge is 0.497 e. The van der Waals surface area contributed by atoms with Crippen LogP contribution in [0.3, 0.4) is 0 Å². The van der Waals surface area contributed by atoms with Crippen molar-refractivity contribution in [2.24, 2.45) is 0 Å². The Morgan fingerprint density at radius 1 is 1.03 bits per heavy atom. The number of hydrogen-bond donors (Lipinski definition) is 1. The Kier molecular flexibility index (Phi) is 7.44. The summed E-state index contributed by atoms with van der Waals surface area (Å²) < 4.78 is 17.9. The first-order valence-corrected chi connectivity index (χ1v) is 11.2. The van der Waals surface area contributed by atoms with E-state index in [0.717, 1.165) is 17.1 Å². The van der Waals surface area contributed by atoms with Gasteiger partial charge in [0, 0.05) is 25.2 Å². The van der Waals surface area contributed by atoms with E-state index in [1.807, 2.05) is 43.3 Å². The molecule has 0 spiro atoms. The molecule has 1 aromatic heterocycles. The normalized spacial score (nSPS) is 13.4. The number of amides is 2. The summed E-state index contributed by atoms with van der Waals surface area (Å²) in [5.41, 5.74) is 2.18. The Balaban J connectivity index is 1.40. The Morgan fingerprint density at radius 2 is 1.71 bits per heavy atom. The SMILES string of the molecule is CCn1ncc(NC(=O)c2ccc(COc3ccc(OC)cc3)cc2)c1C(=O)N1CCOCC1. The quantitative estimate of drug-likeness (QED) is 0.550. The second-order valence-electron chi connectivity index (χ2n) is 7.74. The molecular formula is C25H28N4O5. The minimum atomic E-state index is -0.311. The number of ether oxygens (including phenoxy) is 3. The van der Waals surface area contributed by atoms with Gasteiger partial charge in [-0.3, -0.25) is 14.3 Å². The van der Waals surface area contributed by atoms with E-state index in [1.54, 1.807) is 28.8 Å². The second kappa shape index (κ2) is 10.8. The second-order valence-corrected chi connectivity index (χ2v) is 7.74. The minimum absolute atomic E-state index is 0.163. The van der Waals surface area contributed by atoms with E-state index in [0.29, 0.717) is 56.4 Å². The minimum Gasteiger partial charge on any atom is -0.497 e. The summed E-state index contributed by atoms with van der Waals surface area (Å²) in [5.74, 6) is 1.02. The molecule has 0 atom stereocenters. The number of rotatable bonds is 8. The average Bonchev–Trinajstić information content (AvgIpc) is 3.30. The molecule has 0 saturated carbocycles. The maximum atomic E-state index is 13.1. The third-order valence-electron chi connectivity index (χ3n) is 5.57. The molecule has 3 aromatic rings. The molecule has 1 fully saturated rings. The van der Waals surface area contributed by atoms with Crippen molar-refractivity contribution in [2.75, 3.05) is 38.7 Å². The maximum Gasteiger partial charge on any atom is 0.274 e. The van der Waals surface area contributed by atoms with E-state index in [2.05, 4.69) is 10.4 Å². The predicted molar refractivity (Wildman–Crippen MR) is 126 cm³/mol. The Bertz CT molecular complexity index is 1120. The number of aryl methyl sites for hydroxylation is 1. The molecule has 4 rings (SSSR count). The number of nitrogens with zero attached hydrogens (tertiary/aromatic N) is 3. The fourth-order valence-electron chi connectivity index (χ4n) is 3.64. The average molecular weight is 465 g/mol. The molecule has 178 valence electrons. The van der Waals surface area contributed by atoms with Crippen LogP contribution in [0.4, 0.5) is 5.69 Å². The van der Waals surface area contributed by atoms with Crippen molar-refractivity contribution in [2.45, 2.75) is 20.1 Å². The van der Waals surface area contributed by atoms with E-state index >= 15 is 0 Å². The van der Waals surface area contributed by atoms with Crippen molar-refractivity contribution in [3.8, 4) is 11.5 Å². The van der Waals surface area contributed by atoms with Gasteiger partial charge >= 0.3 is 0 Å². The predicted octanol–water partition coefficient (Wildman–Crippen LogP) is 3.22. The number of methoxy groups -OCH3 is 1. The number of anilines is 1. The highest BCUT2D eigenvalue weighted by Crippen LogP contribution is 2.21. The molecule has 2 amide bonds. The highest BCUT2D eigenvalue weighted by Gasteiger charge is 2.26. The number of aromatic nitrogens is 2. The van der Waals surface area contributed by atoms with Crippen LogP contribution in [0, 0.1) is 0 Å². The molecule has 2 aromatic carbocycles. The zero-order chi connectivity index (χ0) is 23.9. The van der Waals surface area contributed by atoms with Crippen LogP contribution in [0.15, 0.2) is 54.7 Å². The smallest absolute Gasteiger partial charge is 0.274 e. The molecule has 34 heavy (non-hydrogen) atoms. The topological polar surface area (TPSA) is 94.9 Å². The van der Waals surface area contributed by atoms with Gasteiger partial charge in [0.15, 0.2) is 0 Å². The van der Waals surface area contributed by atoms with Crippen molar-refractivity contribution in [3.05, 3.63) is 71.5 Å². The van der Waals surface area contributed by atoms with Gasteiger partial charge in [-0.2, -0.15) is 5.10 Å². The monoisotopic (exact) mass is 464 g/mol. The fraction of sp³-hybridized carbons (Fsp3) is 0.320. The molecule has 9 nitrogen and oxygen atoms in total. The fourth-order valence-corrected chi connectivity index (χ4v) is 3.64. The molecule has 1 aliphatic heterocycles. The van der Waals surface area contributed by atoms with E-state index in [-0.39, 0.29) is 11.8 Å². The highest BCUT2D eigenvalue weighted by molar-refractivity contribution is 6.08. The van der Waals surface area contributed by atoms with Crippen LogP contribution in [0.2, 0.25) is 0 Å². The molecular weight excluding hydrogens is 436 g/mol. The number of carbonyl (C=O) groups is 2. The summed E-state index contributed by atoms with van der Waals surface area (Å²) >= 11 is 0. The van der Waals surface area contributed by atoms with Gasteiger partial charge in [-0.1, -0.05) is 12.1 Å². The van der Waals surface area contributed by atoms with Gasteiger partial charge in [-0.25, -0.2) is 0 Å². The summed E-state index contributed by atoms with van der Waals surface area (Å²) in [6.45, 7) is 4.83. The molecule has 0 unspecified atom stereocenters. The standard InChI is InChI=1S/C25H28N4O5/c1-3-29-23(25(31)28-12-14-33-15-13-28)22(16-26-29)27-24(30)19-6-4-18(5-7-19)17-34-21-10-8-20(32-2)9-11-21/h4-11,16H,3,12-15,17H2,1-2H3,(H,27,30). The molecule has 2 heterocycles. The Labute approximate surface area is 198 Å². The highest BCUT2D eigenvalue weighted by atomic mass is 16.5. The van der Waals surface area contributed by atoms with Crippen molar-refractivity contribution in [1.82, 2.24) is 14.7 Å². The molecule has 9 heteroatoms. The first kappa shape index (κ1) is 23.3. The molecule has 0 radical (unpaired) electrons. The van der Waals surface area contributed by atoms with Crippen LogP contribution in [-0.4, -0.2) is 59.9 Å². The Hall–Kier alpha value is -3.85. The van der Waals surface area contributed by atoms with Crippen molar-refractivity contribution in [1.29, 1.82) is 0 Å². The van der Waals surface area contributed by atoms with E-state index in [9.17, 15) is 9.59 Å². The lowest BCUT2D eigenvalue weighted by molar-refractivity contribution is 0.0295. The van der Waals surface area contributed by atoms with Crippen LogP contribution in [0.25, 0.3) is 0 Å². The lowest BCUT2D eigenvalue weighted by Crippen LogP contribution is -2.41. The molecule has 1 aliphatic rings. The zero-order valence-electron chi connectivity index (χ0n) is 19.3. The maximum absolute atomic E-state index is 13.1. The van der Waals surface area contributed by atoms with Gasteiger partial charge in [0.25, 0.3) is 11.8 Å². The number of morpholine rings is 1.